The third kappa shape index (κ3) is 5.07. The van der Waals surface area contributed by atoms with Gasteiger partial charge in [0.05, 0.1) is 4.75 Å². The van der Waals surface area contributed by atoms with Gasteiger partial charge < -0.3 is 9.84 Å². The van der Waals surface area contributed by atoms with Gasteiger partial charge in [-0.15, -0.1) is 0 Å². The molecule has 27 heavy (non-hydrogen) atoms. The molecule has 0 spiro atoms. The summed E-state index contributed by atoms with van der Waals surface area (Å²) in [6.07, 6.45) is 3.84. The summed E-state index contributed by atoms with van der Waals surface area (Å²) < 4.78 is 31.6. The van der Waals surface area contributed by atoms with Crippen molar-refractivity contribution in [2.75, 3.05) is 11.9 Å². The Kier molecular flexibility index (Phi) is 5.86. The number of anilines is 1. The third-order valence-corrected chi connectivity index (χ3v) is 7.15. The number of nitrogens with zero attached hydrogens (tertiary/aromatic N) is 2. The van der Waals surface area contributed by atoms with Crippen LogP contribution >= 0.6 is 0 Å². The molecular formula is C19H28N4O3S. The van der Waals surface area contributed by atoms with E-state index >= 15 is 0 Å². The van der Waals surface area contributed by atoms with Gasteiger partial charge in [0.25, 0.3) is 11.8 Å². The van der Waals surface area contributed by atoms with Crippen LogP contribution in [0, 0.1) is 5.92 Å². The van der Waals surface area contributed by atoms with E-state index < -0.39 is 14.8 Å². The molecule has 0 bridgehead atoms. The predicted molar refractivity (Wildman–Crippen MR) is 106 cm³/mol. The molecule has 1 heterocycles. The SMILES string of the molecule is CC(C)(C)S(=O)(=O)NCC1CCC(Nc2noc(-c3ccccc3)n2)CC1. The van der Waals surface area contributed by atoms with Gasteiger partial charge in [-0.05, 0) is 69.7 Å². The van der Waals surface area contributed by atoms with Crippen molar-refractivity contribution in [1.29, 1.82) is 0 Å². The van der Waals surface area contributed by atoms with Crippen molar-refractivity contribution < 1.29 is 12.9 Å². The van der Waals surface area contributed by atoms with E-state index in [0.29, 0.717) is 24.3 Å². The second-order valence-electron chi connectivity index (χ2n) is 8.12. The standard InChI is InChI=1S/C19H28N4O3S/c1-19(2,3)27(24,25)20-13-14-9-11-16(12-10-14)21-18-22-17(26-23-18)15-7-5-4-6-8-15/h4-8,14,16,20H,9-13H2,1-3H3,(H,21,23). The molecule has 1 aromatic heterocycles. The lowest BCUT2D eigenvalue weighted by Crippen LogP contribution is -2.42. The molecule has 1 fully saturated rings. The van der Waals surface area contributed by atoms with Gasteiger partial charge in [-0.2, -0.15) is 4.98 Å². The van der Waals surface area contributed by atoms with Crippen LogP contribution in [0.2, 0.25) is 0 Å². The van der Waals surface area contributed by atoms with Gasteiger partial charge in [-0.25, -0.2) is 13.1 Å². The maximum atomic E-state index is 12.2. The summed E-state index contributed by atoms with van der Waals surface area (Å²) in [5.41, 5.74) is 0.896. The van der Waals surface area contributed by atoms with E-state index in [0.717, 1.165) is 31.2 Å². The van der Waals surface area contributed by atoms with Crippen molar-refractivity contribution in [2.45, 2.75) is 57.2 Å². The van der Waals surface area contributed by atoms with Crippen LogP contribution in [0.25, 0.3) is 11.5 Å². The number of sulfonamides is 1. The minimum absolute atomic E-state index is 0.279. The maximum absolute atomic E-state index is 12.2. The number of benzene rings is 1. The molecule has 1 saturated carbocycles. The normalized spacial score (nSPS) is 21.1. The smallest absolute Gasteiger partial charge is 0.263 e. The second kappa shape index (κ2) is 7.98. The largest absolute Gasteiger partial charge is 0.349 e. The summed E-state index contributed by atoms with van der Waals surface area (Å²) in [4.78, 5) is 4.41. The minimum Gasteiger partial charge on any atom is -0.349 e. The van der Waals surface area contributed by atoms with Gasteiger partial charge in [0.2, 0.25) is 10.0 Å². The molecule has 1 aromatic carbocycles. The zero-order valence-electron chi connectivity index (χ0n) is 16.1. The van der Waals surface area contributed by atoms with Crippen LogP contribution in [0.3, 0.4) is 0 Å². The molecular weight excluding hydrogens is 364 g/mol. The lowest BCUT2D eigenvalue weighted by Gasteiger charge is -2.29. The van der Waals surface area contributed by atoms with Gasteiger partial charge in [0.15, 0.2) is 0 Å². The highest BCUT2D eigenvalue weighted by Gasteiger charge is 2.30. The zero-order chi connectivity index (χ0) is 19.5. The Morgan fingerprint density at radius 2 is 1.78 bits per heavy atom. The Bertz CT molecular complexity index is 835. The van der Waals surface area contributed by atoms with E-state index in [1.807, 2.05) is 30.3 Å². The highest BCUT2D eigenvalue weighted by Crippen LogP contribution is 2.27. The van der Waals surface area contributed by atoms with Crippen molar-refractivity contribution in [2.24, 2.45) is 5.92 Å². The molecule has 0 aliphatic heterocycles. The predicted octanol–water partition coefficient (Wildman–Crippen LogP) is 3.43. The topological polar surface area (TPSA) is 97.1 Å². The molecule has 148 valence electrons. The summed E-state index contributed by atoms with van der Waals surface area (Å²) in [6, 6.07) is 9.95. The van der Waals surface area contributed by atoms with Crippen LogP contribution in [0.5, 0.6) is 0 Å². The molecule has 0 atom stereocenters. The average Bonchev–Trinajstić information content (AvgIpc) is 3.09. The van der Waals surface area contributed by atoms with Crippen molar-refractivity contribution in [3.8, 4) is 11.5 Å². The van der Waals surface area contributed by atoms with E-state index in [9.17, 15) is 8.42 Å². The Labute approximate surface area is 161 Å². The van der Waals surface area contributed by atoms with E-state index in [1.165, 1.54) is 0 Å². The summed E-state index contributed by atoms with van der Waals surface area (Å²) in [7, 11) is -3.28. The first-order valence-corrected chi connectivity index (χ1v) is 10.9. The third-order valence-electron chi connectivity index (χ3n) is 4.99. The summed E-state index contributed by atoms with van der Waals surface area (Å²) in [5, 5.41) is 7.35. The first kappa shape index (κ1) is 19.8. The van der Waals surface area contributed by atoms with E-state index in [1.54, 1.807) is 20.8 Å². The Morgan fingerprint density at radius 1 is 1.11 bits per heavy atom. The van der Waals surface area contributed by atoms with Crippen LogP contribution in [-0.2, 0) is 10.0 Å². The number of hydrogen-bond acceptors (Lipinski definition) is 6. The first-order chi connectivity index (χ1) is 12.7. The van der Waals surface area contributed by atoms with Crippen LogP contribution in [0.1, 0.15) is 46.5 Å². The Hall–Kier alpha value is -1.93. The molecule has 2 aromatic rings. The van der Waals surface area contributed by atoms with Crippen LogP contribution in [0.4, 0.5) is 5.95 Å². The molecule has 0 saturated heterocycles. The average molecular weight is 393 g/mol. The quantitative estimate of drug-likeness (QED) is 0.782. The van der Waals surface area contributed by atoms with Crippen molar-refractivity contribution in [1.82, 2.24) is 14.9 Å². The molecule has 0 unspecified atom stereocenters. The first-order valence-electron chi connectivity index (χ1n) is 9.39. The monoisotopic (exact) mass is 392 g/mol. The van der Waals surface area contributed by atoms with Gasteiger partial charge in [-0.1, -0.05) is 18.2 Å². The van der Waals surface area contributed by atoms with Gasteiger partial charge in [0, 0.05) is 18.2 Å². The van der Waals surface area contributed by atoms with Gasteiger partial charge in [0.1, 0.15) is 0 Å². The number of rotatable bonds is 6. The summed E-state index contributed by atoms with van der Waals surface area (Å²) >= 11 is 0. The molecule has 1 aliphatic carbocycles. The fraction of sp³-hybridized carbons (Fsp3) is 0.579. The summed E-state index contributed by atoms with van der Waals surface area (Å²) in [6.45, 7) is 5.65. The maximum Gasteiger partial charge on any atom is 0.263 e. The Morgan fingerprint density at radius 3 is 2.41 bits per heavy atom. The fourth-order valence-electron chi connectivity index (χ4n) is 3.12. The van der Waals surface area contributed by atoms with E-state index in [-0.39, 0.29) is 6.04 Å². The van der Waals surface area contributed by atoms with Crippen molar-refractivity contribution in [3.63, 3.8) is 0 Å². The van der Waals surface area contributed by atoms with Crippen molar-refractivity contribution >= 4 is 16.0 Å². The molecule has 8 heteroatoms. The molecule has 2 N–H and O–H groups in total. The molecule has 1 aliphatic rings. The van der Waals surface area contributed by atoms with E-state index in [4.69, 9.17) is 4.52 Å². The van der Waals surface area contributed by atoms with Crippen LogP contribution in [0.15, 0.2) is 34.9 Å². The highest BCUT2D eigenvalue weighted by atomic mass is 32.2. The zero-order valence-corrected chi connectivity index (χ0v) is 16.9. The van der Waals surface area contributed by atoms with Gasteiger partial charge in [-0.3, -0.25) is 0 Å². The van der Waals surface area contributed by atoms with Gasteiger partial charge >= 0.3 is 0 Å². The highest BCUT2D eigenvalue weighted by molar-refractivity contribution is 7.90. The number of aromatic nitrogens is 2. The van der Waals surface area contributed by atoms with Crippen molar-refractivity contribution in [3.05, 3.63) is 30.3 Å². The van der Waals surface area contributed by atoms with Crippen LogP contribution in [-0.4, -0.2) is 35.9 Å². The lowest BCUT2D eigenvalue weighted by atomic mass is 9.86. The molecule has 0 amide bonds. The lowest BCUT2D eigenvalue weighted by molar-refractivity contribution is 0.334. The van der Waals surface area contributed by atoms with E-state index in [2.05, 4.69) is 20.2 Å². The molecule has 3 rings (SSSR count). The number of hydrogen-bond donors (Lipinski definition) is 2. The number of nitrogens with one attached hydrogen (secondary N) is 2. The second-order valence-corrected chi connectivity index (χ2v) is 10.6. The Balaban J connectivity index is 1.47. The molecule has 7 nitrogen and oxygen atoms in total. The molecule has 0 radical (unpaired) electrons. The van der Waals surface area contributed by atoms with Crippen LogP contribution < -0.4 is 10.0 Å². The fourth-order valence-corrected chi connectivity index (χ4v) is 4.01. The minimum atomic E-state index is -3.28. The summed E-state index contributed by atoms with van der Waals surface area (Å²) in [5.74, 6) is 1.37.